The van der Waals surface area contributed by atoms with Gasteiger partial charge in [-0.25, -0.2) is 0 Å². The number of hydrogen-bond acceptors (Lipinski definition) is 7. The van der Waals surface area contributed by atoms with Crippen LogP contribution in [0.15, 0.2) is 15.9 Å². The Bertz CT molecular complexity index is 724. The van der Waals surface area contributed by atoms with E-state index in [-0.39, 0.29) is 18.7 Å². The number of ether oxygens (including phenoxy) is 1. The van der Waals surface area contributed by atoms with E-state index in [2.05, 4.69) is 15.8 Å². The molecule has 2 rings (SSSR count). The number of pyridine rings is 1. The molecule has 1 aromatic rings. The summed E-state index contributed by atoms with van der Waals surface area (Å²) in [5.41, 5.74) is 6.26. The van der Waals surface area contributed by atoms with E-state index in [0.717, 1.165) is 11.8 Å². The van der Waals surface area contributed by atoms with Crippen LogP contribution in [0.2, 0.25) is 0 Å². The fourth-order valence-electron chi connectivity index (χ4n) is 2.28. The van der Waals surface area contributed by atoms with Crippen LogP contribution in [0, 0.1) is 18.3 Å². The SMILES string of the molecule is CCN=C1NN[C@@](O)(Cn2c(C)cc(COC)c(C#N)c2=O)S1. The van der Waals surface area contributed by atoms with E-state index < -0.39 is 10.6 Å². The minimum atomic E-state index is -1.42. The van der Waals surface area contributed by atoms with Crippen LogP contribution in [-0.4, -0.2) is 33.6 Å². The fourth-order valence-corrected chi connectivity index (χ4v) is 3.20. The van der Waals surface area contributed by atoms with Gasteiger partial charge < -0.3 is 14.4 Å². The molecule has 1 atom stereocenters. The minimum Gasteiger partial charge on any atom is -0.380 e. The molecule has 2 heterocycles. The van der Waals surface area contributed by atoms with Gasteiger partial charge in [0.2, 0.25) is 5.06 Å². The summed E-state index contributed by atoms with van der Waals surface area (Å²) in [5.74, 6) is 0. The second-order valence-corrected chi connectivity index (χ2v) is 6.30. The van der Waals surface area contributed by atoms with E-state index in [9.17, 15) is 15.2 Å². The third-order valence-electron chi connectivity index (χ3n) is 3.31. The topological polar surface area (TPSA) is 112 Å². The molecular weight excluding hydrogens is 318 g/mol. The van der Waals surface area contributed by atoms with Gasteiger partial charge in [0.25, 0.3) is 5.56 Å². The molecule has 124 valence electrons. The highest BCUT2D eigenvalue weighted by Crippen LogP contribution is 2.26. The standard InChI is InChI=1S/C14H19N5O3S/c1-4-16-13-17-18-14(21,23-13)8-19-9(2)5-10(7-22-3)11(6-15)12(19)20/h5,18,21H,4,7-8H2,1-3H3,(H,16,17)/t14-/m1/s1. The summed E-state index contributed by atoms with van der Waals surface area (Å²) in [6, 6.07) is 3.64. The first-order chi connectivity index (χ1) is 10.9. The predicted molar refractivity (Wildman–Crippen MR) is 87.7 cm³/mol. The molecule has 0 aromatic carbocycles. The van der Waals surface area contributed by atoms with Crippen molar-refractivity contribution < 1.29 is 9.84 Å². The first-order valence-corrected chi connectivity index (χ1v) is 7.87. The van der Waals surface area contributed by atoms with E-state index in [0.29, 0.717) is 23.0 Å². The number of methoxy groups -OCH3 is 1. The van der Waals surface area contributed by atoms with Gasteiger partial charge in [0, 0.05) is 24.9 Å². The van der Waals surface area contributed by atoms with Crippen molar-refractivity contribution >= 4 is 16.9 Å². The largest absolute Gasteiger partial charge is 0.380 e. The van der Waals surface area contributed by atoms with E-state index in [1.165, 1.54) is 11.7 Å². The summed E-state index contributed by atoms with van der Waals surface area (Å²) in [6.45, 7) is 4.37. The molecule has 0 bridgehead atoms. The Hall–Kier alpha value is -1.86. The highest BCUT2D eigenvalue weighted by Gasteiger charge is 2.37. The molecule has 0 aliphatic carbocycles. The van der Waals surface area contributed by atoms with Crippen molar-refractivity contribution in [2.45, 2.75) is 32.1 Å². The Kier molecular flexibility index (Phi) is 5.43. The highest BCUT2D eigenvalue weighted by molar-refractivity contribution is 8.15. The summed E-state index contributed by atoms with van der Waals surface area (Å²) in [4.78, 5) is 16.7. The molecule has 3 N–H and O–H groups in total. The Labute approximate surface area is 138 Å². The van der Waals surface area contributed by atoms with Crippen molar-refractivity contribution in [1.29, 1.82) is 5.26 Å². The molecule has 0 unspecified atom stereocenters. The Morgan fingerprint density at radius 2 is 2.35 bits per heavy atom. The third-order valence-corrected chi connectivity index (χ3v) is 4.30. The predicted octanol–water partition coefficient (Wildman–Crippen LogP) is 0.0378. The van der Waals surface area contributed by atoms with E-state index in [4.69, 9.17) is 4.74 Å². The van der Waals surface area contributed by atoms with Crippen LogP contribution in [0.25, 0.3) is 0 Å². The average Bonchev–Trinajstić information content (AvgIpc) is 2.86. The molecule has 1 aliphatic heterocycles. The van der Waals surface area contributed by atoms with Crippen LogP contribution < -0.4 is 16.4 Å². The van der Waals surface area contributed by atoms with Gasteiger partial charge in [-0.1, -0.05) is 0 Å². The molecule has 9 heteroatoms. The van der Waals surface area contributed by atoms with Crippen LogP contribution in [0.4, 0.5) is 0 Å². The quantitative estimate of drug-likeness (QED) is 0.695. The molecule has 1 aromatic heterocycles. The number of nitrogens with zero attached hydrogens (tertiary/aromatic N) is 3. The van der Waals surface area contributed by atoms with Gasteiger partial charge in [-0.3, -0.25) is 15.2 Å². The van der Waals surface area contributed by atoms with Gasteiger partial charge in [-0.15, -0.1) is 0 Å². The lowest BCUT2D eigenvalue weighted by molar-refractivity contribution is 0.0783. The van der Waals surface area contributed by atoms with Crippen molar-refractivity contribution in [3.8, 4) is 6.07 Å². The molecule has 0 saturated carbocycles. The number of nitriles is 1. The highest BCUT2D eigenvalue weighted by atomic mass is 32.2. The van der Waals surface area contributed by atoms with Gasteiger partial charge in [0.15, 0.2) is 5.17 Å². The number of nitrogens with one attached hydrogen (secondary N) is 2. The van der Waals surface area contributed by atoms with Gasteiger partial charge >= 0.3 is 0 Å². The number of aliphatic imine (C=N–C) groups is 1. The van der Waals surface area contributed by atoms with Crippen molar-refractivity contribution in [2.75, 3.05) is 13.7 Å². The molecule has 0 amide bonds. The number of hydrazine groups is 1. The van der Waals surface area contributed by atoms with Crippen molar-refractivity contribution in [3.63, 3.8) is 0 Å². The van der Waals surface area contributed by atoms with Crippen molar-refractivity contribution in [1.82, 2.24) is 15.4 Å². The van der Waals surface area contributed by atoms with Crippen LogP contribution >= 0.6 is 11.8 Å². The third kappa shape index (κ3) is 3.73. The number of aromatic nitrogens is 1. The van der Waals surface area contributed by atoms with Crippen LogP contribution in [-0.2, 0) is 17.9 Å². The number of amidine groups is 1. The number of hydrogen-bond donors (Lipinski definition) is 3. The van der Waals surface area contributed by atoms with Crippen LogP contribution in [0.5, 0.6) is 0 Å². The molecule has 0 radical (unpaired) electrons. The molecule has 0 spiro atoms. The van der Waals surface area contributed by atoms with Gasteiger partial charge in [-0.2, -0.15) is 10.7 Å². The van der Waals surface area contributed by atoms with Gasteiger partial charge in [-0.05, 0) is 31.7 Å². The maximum absolute atomic E-state index is 12.5. The molecule has 1 fully saturated rings. The Balaban J connectivity index is 2.36. The van der Waals surface area contributed by atoms with Gasteiger partial charge in [0.1, 0.15) is 11.6 Å². The maximum atomic E-state index is 12.5. The number of aryl methyl sites for hydroxylation is 1. The summed E-state index contributed by atoms with van der Waals surface area (Å²) in [7, 11) is 1.50. The zero-order chi connectivity index (χ0) is 17.0. The first kappa shape index (κ1) is 17.5. The second-order valence-electron chi connectivity index (χ2n) is 5.04. The number of thioether (sulfide) groups is 1. The van der Waals surface area contributed by atoms with E-state index in [1.807, 2.05) is 13.0 Å². The zero-order valence-corrected chi connectivity index (χ0v) is 14.0. The normalized spacial score (nSPS) is 22.1. The maximum Gasteiger partial charge on any atom is 0.269 e. The molecule has 1 aliphatic rings. The number of aliphatic hydroxyl groups is 1. The molecule has 23 heavy (non-hydrogen) atoms. The van der Waals surface area contributed by atoms with E-state index in [1.54, 1.807) is 13.0 Å². The summed E-state index contributed by atoms with van der Waals surface area (Å²) < 4.78 is 6.39. The lowest BCUT2D eigenvalue weighted by Gasteiger charge is -2.23. The Morgan fingerprint density at radius 1 is 1.61 bits per heavy atom. The zero-order valence-electron chi connectivity index (χ0n) is 13.2. The molecule has 8 nitrogen and oxygen atoms in total. The van der Waals surface area contributed by atoms with E-state index >= 15 is 0 Å². The second kappa shape index (κ2) is 7.14. The lowest BCUT2D eigenvalue weighted by atomic mass is 10.1. The molecule has 1 saturated heterocycles. The van der Waals surface area contributed by atoms with Gasteiger partial charge in [0.05, 0.1) is 13.2 Å². The Morgan fingerprint density at radius 3 is 2.96 bits per heavy atom. The monoisotopic (exact) mass is 337 g/mol. The minimum absolute atomic E-state index is 0.0273. The lowest BCUT2D eigenvalue weighted by Crippen LogP contribution is -2.48. The van der Waals surface area contributed by atoms with Crippen LogP contribution in [0.3, 0.4) is 0 Å². The first-order valence-electron chi connectivity index (χ1n) is 7.05. The summed E-state index contributed by atoms with van der Waals surface area (Å²) in [5, 5.41) is 18.9. The van der Waals surface area contributed by atoms with Crippen molar-refractivity contribution in [2.24, 2.45) is 4.99 Å². The fraction of sp³-hybridized carbons (Fsp3) is 0.500. The van der Waals surface area contributed by atoms with Crippen molar-refractivity contribution in [3.05, 3.63) is 33.2 Å². The smallest absolute Gasteiger partial charge is 0.269 e. The number of rotatable bonds is 5. The summed E-state index contributed by atoms with van der Waals surface area (Å²) >= 11 is 1.09. The summed E-state index contributed by atoms with van der Waals surface area (Å²) in [6.07, 6.45) is 0. The van der Waals surface area contributed by atoms with Crippen LogP contribution in [0.1, 0.15) is 23.7 Å². The molecular formula is C14H19N5O3S. The average molecular weight is 337 g/mol.